The zero-order chi connectivity index (χ0) is 20.8. The molecule has 3 aliphatic heterocycles. The van der Waals surface area contributed by atoms with Gasteiger partial charge in [-0.2, -0.15) is 0 Å². The second-order valence-corrected chi connectivity index (χ2v) is 11.1. The van der Waals surface area contributed by atoms with Gasteiger partial charge in [-0.3, -0.25) is 0 Å². The lowest BCUT2D eigenvalue weighted by atomic mass is 10.1. The third-order valence-corrected chi connectivity index (χ3v) is 7.68. The van der Waals surface area contributed by atoms with Gasteiger partial charge in [0, 0.05) is 5.30 Å². The Morgan fingerprint density at radius 3 is 2.34 bits per heavy atom. The van der Waals surface area contributed by atoms with Crippen molar-refractivity contribution in [2.45, 2.75) is 83.8 Å². The predicted octanol–water partition coefficient (Wildman–Crippen LogP) is 3.78. The van der Waals surface area contributed by atoms with Crippen LogP contribution in [0.4, 0.5) is 0 Å². The molecule has 0 bridgehead atoms. The third kappa shape index (κ3) is 4.85. The topological polar surface area (TPSA) is 55.4 Å². The summed E-state index contributed by atoms with van der Waals surface area (Å²) < 4.78 is 37.2. The van der Waals surface area contributed by atoms with Crippen LogP contribution in [0.15, 0.2) is 30.3 Å². The molecule has 0 spiro atoms. The van der Waals surface area contributed by atoms with Gasteiger partial charge >= 0.3 is 0 Å². The van der Waals surface area contributed by atoms with Gasteiger partial charge in [0.25, 0.3) is 0 Å². The summed E-state index contributed by atoms with van der Waals surface area (Å²) in [4.78, 5) is 0. The van der Waals surface area contributed by atoms with Crippen LogP contribution in [-0.2, 0) is 28.2 Å². The zero-order valence-electron chi connectivity index (χ0n) is 18.2. The molecule has 3 saturated heterocycles. The standard InChI is InChI=1S/C22H33O6P/c1-14(2)13-29(15-10-8-7-9-11-15)28-18-17(16-12-23-21(3,4)25-16)24-20-19(18)26-22(5,6)27-20/h7-11,14,16-20H,12-13H2,1-6H3/t16?,17-,18+,19-,20-,29+/m1/s1. The fraction of sp³-hybridized carbons (Fsp3) is 0.727. The maximum atomic E-state index is 6.81. The molecule has 0 saturated carbocycles. The average Bonchev–Trinajstić information content (AvgIpc) is 3.24. The number of benzene rings is 1. The fourth-order valence-electron chi connectivity index (χ4n) is 4.08. The lowest BCUT2D eigenvalue weighted by Gasteiger charge is -2.32. The van der Waals surface area contributed by atoms with Crippen LogP contribution in [0.2, 0.25) is 0 Å². The highest BCUT2D eigenvalue weighted by atomic mass is 31.1. The minimum atomic E-state index is -0.837. The van der Waals surface area contributed by atoms with E-state index in [1.807, 2.05) is 33.8 Å². The first-order valence-electron chi connectivity index (χ1n) is 10.5. The maximum Gasteiger partial charge on any atom is 0.190 e. The van der Waals surface area contributed by atoms with Crippen molar-refractivity contribution < 1.29 is 28.2 Å². The minimum Gasteiger partial charge on any atom is -0.348 e. The molecule has 29 heavy (non-hydrogen) atoms. The van der Waals surface area contributed by atoms with Gasteiger partial charge in [-0.1, -0.05) is 44.2 Å². The van der Waals surface area contributed by atoms with E-state index in [1.54, 1.807) is 0 Å². The van der Waals surface area contributed by atoms with Crippen LogP contribution >= 0.6 is 8.15 Å². The van der Waals surface area contributed by atoms with Crippen LogP contribution < -0.4 is 5.30 Å². The van der Waals surface area contributed by atoms with Crippen molar-refractivity contribution >= 4 is 13.5 Å². The molecule has 7 heteroatoms. The predicted molar refractivity (Wildman–Crippen MR) is 111 cm³/mol. The van der Waals surface area contributed by atoms with E-state index < -0.39 is 26.0 Å². The molecule has 0 amide bonds. The largest absolute Gasteiger partial charge is 0.348 e. The van der Waals surface area contributed by atoms with Gasteiger partial charge in [0.05, 0.1) is 14.8 Å². The van der Waals surface area contributed by atoms with E-state index in [-0.39, 0.29) is 24.4 Å². The van der Waals surface area contributed by atoms with E-state index in [1.165, 1.54) is 5.30 Å². The molecule has 162 valence electrons. The molecule has 3 heterocycles. The van der Waals surface area contributed by atoms with Crippen LogP contribution in [0.1, 0.15) is 41.5 Å². The monoisotopic (exact) mass is 424 g/mol. The molecule has 4 rings (SSSR count). The van der Waals surface area contributed by atoms with Gasteiger partial charge in [0.1, 0.15) is 24.4 Å². The summed E-state index contributed by atoms with van der Waals surface area (Å²) in [5.41, 5.74) is 0. The highest BCUT2D eigenvalue weighted by Crippen LogP contribution is 2.48. The fourth-order valence-corrected chi connectivity index (χ4v) is 6.20. The van der Waals surface area contributed by atoms with E-state index in [2.05, 4.69) is 38.1 Å². The van der Waals surface area contributed by atoms with Gasteiger partial charge in [-0.25, -0.2) is 0 Å². The van der Waals surface area contributed by atoms with Crippen LogP contribution in [-0.4, -0.2) is 55.0 Å². The average molecular weight is 424 g/mol. The lowest BCUT2D eigenvalue weighted by molar-refractivity contribution is -0.230. The Hall–Kier alpha value is -0.590. The van der Waals surface area contributed by atoms with Gasteiger partial charge in [0.15, 0.2) is 17.9 Å². The summed E-state index contributed by atoms with van der Waals surface area (Å²) in [6, 6.07) is 10.4. The molecular weight excluding hydrogens is 391 g/mol. The number of fused-ring (bicyclic) bond motifs is 1. The summed E-state index contributed by atoms with van der Waals surface area (Å²) in [5.74, 6) is -0.804. The molecule has 0 aromatic heterocycles. The molecule has 0 N–H and O–H groups in total. The Bertz CT molecular complexity index is 694. The van der Waals surface area contributed by atoms with Crippen molar-refractivity contribution in [3.05, 3.63) is 30.3 Å². The normalized spacial score (nSPS) is 36.4. The Labute approximate surface area is 175 Å². The van der Waals surface area contributed by atoms with Crippen molar-refractivity contribution in [1.29, 1.82) is 0 Å². The second-order valence-electron chi connectivity index (χ2n) is 9.30. The SMILES string of the molecule is CC(C)C[P@](O[C@@H]1[C@H]2OC(C)(C)O[C@H]2O[C@@H]1C1COC(C)(C)O1)c1ccccc1. The Morgan fingerprint density at radius 2 is 1.72 bits per heavy atom. The second kappa shape index (κ2) is 8.16. The molecule has 1 unspecified atom stereocenters. The molecule has 1 aromatic rings. The molecule has 6 nitrogen and oxygen atoms in total. The minimum absolute atomic E-state index is 0.220. The maximum absolute atomic E-state index is 6.81. The highest BCUT2D eigenvalue weighted by molar-refractivity contribution is 7.60. The van der Waals surface area contributed by atoms with Gasteiger partial charge in [-0.05, 0) is 39.8 Å². The van der Waals surface area contributed by atoms with E-state index >= 15 is 0 Å². The van der Waals surface area contributed by atoms with E-state index in [4.69, 9.17) is 28.2 Å². The first kappa shape index (κ1) is 21.6. The molecule has 0 radical (unpaired) electrons. The lowest BCUT2D eigenvalue weighted by Crippen LogP contribution is -2.44. The van der Waals surface area contributed by atoms with Crippen molar-refractivity contribution in [3.8, 4) is 0 Å². The van der Waals surface area contributed by atoms with E-state index in [9.17, 15) is 0 Å². The van der Waals surface area contributed by atoms with Crippen molar-refractivity contribution in [2.75, 3.05) is 12.8 Å². The Balaban J connectivity index is 1.59. The van der Waals surface area contributed by atoms with Gasteiger partial charge in [-0.15, -0.1) is 0 Å². The molecule has 0 aliphatic carbocycles. The summed E-state index contributed by atoms with van der Waals surface area (Å²) in [6.45, 7) is 12.6. The third-order valence-electron chi connectivity index (χ3n) is 5.25. The molecular formula is C22H33O6P. The Kier molecular flexibility index (Phi) is 6.09. The summed E-state index contributed by atoms with van der Waals surface area (Å²) in [7, 11) is -0.837. The number of ether oxygens (including phenoxy) is 5. The van der Waals surface area contributed by atoms with E-state index in [0.717, 1.165) is 6.16 Å². The Morgan fingerprint density at radius 1 is 1.00 bits per heavy atom. The molecule has 6 atom stereocenters. The smallest absolute Gasteiger partial charge is 0.190 e. The van der Waals surface area contributed by atoms with E-state index in [0.29, 0.717) is 12.5 Å². The molecule has 1 aromatic carbocycles. The van der Waals surface area contributed by atoms with Crippen molar-refractivity contribution in [2.24, 2.45) is 5.92 Å². The number of hydrogen-bond donors (Lipinski definition) is 0. The van der Waals surface area contributed by atoms with Crippen molar-refractivity contribution in [1.82, 2.24) is 0 Å². The zero-order valence-corrected chi connectivity index (χ0v) is 19.1. The van der Waals surface area contributed by atoms with Crippen molar-refractivity contribution in [3.63, 3.8) is 0 Å². The first-order chi connectivity index (χ1) is 13.6. The van der Waals surface area contributed by atoms with Crippen LogP contribution in [0.3, 0.4) is 0 Å². The quantitative estimate of drug-likeness (QED) is 0.648. The van der Waals surface area contributed by atoms with Crippen LogP contribution in [0.5, 0.6) is 0 Å². The summed E-state index contributed by atoms with van der Waals surface area (Å²) in [6.07, 6.45) is -0.583. The number of hydrogen-bond acceptors (Lipinski definition) is 6. The number of rotatable bonds is 6. The summed E-state index contributed by atoms with van der Waals surface area (Å²) >= 11 is 0. The molecule has 3 fully saturated rings. The van der Waals surface area contributed by atoms with Gasteiger partial charge < -0.3 is 28.2 Å². The summed E-state index contributed by atoms with van der Waals surface area (Å²) in [5, 5.41) is 1.22. The van der Waals surface area contributed by atoms with Gasteiger partial charge in [0.2, 0.25) is 0 Å². The van der Waals surface area contributed by atoms with Crippen LogP contribution in [0, 0.1) is 5.92 Å². The van der Waals surface area contributed by atoms with Crippen LogP contribution in [0.25, 0.3) is 0 Å². The first-order valence-corrected chi connectivity index (χ1v) is 11.9. The highest BCUT2D eigenvalue weighted by Gasteiger charge is 2.59. The molecule has 3 aliphatic rings.